The second kappa shape index (κ2) is 7.95. The van der Waals surface area contributed by atoms with E-state index in [0.29, 0.717) is 11.3 Å². The van der Waals surface area contributed by atoms with Gasteiger partial charge in [-0.1, -0.05) is 12.1 Å². The second-order valence-electron chi connectivity index (χ2n) is 6.43. The van der Waals surface area contributed by atoms with E-state index < -0.39 is 12.1 Å². The van der Waals surface area contributed by atoms with Crippen LogP contribution in [0.5, 0.6) is 0 Å². The van der Waals surface area contributed by atoms with Gasteiger partial charge >= 0.3 is 5.97 Å². The molecule has 0 aliphatic carbocycles. The van der Waals surface area contributed by atoms with Crippen LogP contribution in [0.1, 0.15) is 51.3 Å². The third-order valence-corrected chi connectivity index (χ3v) is 4.18. The standard InChI is InChI=1S/C21H23NO4/c1-12-9-14(3)19(10-13(12)2)20(24)15(4)26-21(25)17-7-6-8-18(11-17)22-16(5)23/h6-11,15H,1-5H3,(H,22,23). The van der Waals surface area contributed by atoms with Gasteiger partial charge in [-0.05, 0) is 68.7 Å². The van der Waals surface area contributed by atoms with Gasteiger partial charge in [-0.2, -0.15) is 0 Å². The van der Waals surface area contributed by atoms with Crippen molar-refractivity contribution in [1.29, 1.82) is 0 Å². The molecule has 1 N–H and O–H groups in total. The first-order chi connectivity index (χ1) is 12.2. The van der Waals surface area contributed by atoms with Gasteiger partial charge in [-0.3, -0.25) is 9.59 Å². The summed E-state index contributed by atoms with van der Waals surface area (Å²) in [6.45, 7) is 8.74. The molecular formula is C21H23NO4. The first-order valence-electron chi connectivity index (χ1n) is 8.39. The van der Waals surface area contributed by atoms with Crippen molar-refractivity contribution in [3.05, 3.63) is 64.2 Å². The average Bonchev–Trinajstić information content (AvgIpc) is 2.57. The molecule has 5 heteroatoms. The summed E-state index contributed by atoms with van der Waals surface area (Å²) < 4.78 is 5.34. The molecule has 0 aliphatic rings. The van der Waals surface area contributed by atoms with E-state index >= 15 is 0 Å². The lowest BCUT2D eigenvalue weighted by Crippen LogP contribution is -2.25. The molecule has 0 heterocycles. The number of carbonyl (C=O) groups is 3. The number of benzene rings is 2. The van der Waals surface area contributed by atoms with Gasteiger partial charge in [-0.25, -0.2) is 4.79 Å². The second-order valence-corrected chi connectivity index (χ2v) is 6.43. The zero-order chi connectivity index (χ0) is 19.4. The minimum Gasteiger partial charge on any atom is -0.451 e. The fraction of sp³-hybridized carbons (Fsp3) is 0.286. The number of anilines is 1. The maximum absolute atomic E-state index is 12.7. The smallest absolute Gasteiger partial charge is 0.338 e. The number of hydrogen-bond acceptors (Lipinski definition) is 4. The molecule has 2 rings (SSSR count). The Morgan fingerprint density at radius 2 is 1.62 bits per heavy atom. The molecule has 136 valence electrons. The number of rotatable bonds is 5. The molecule has 2 aromatic carbocycles. The molecule has 1 unspecified atom stereocenters. The number of nitrogens with one attached hydrogen (secondary N) is 1. The molecule has 0 aliphatic heterocycles. The first-order valence-corrected chi connectivity index (χ1v) is 8.39. The summed E-state index contributed by atoms with van der Waals surface area (Å²) in [5, 5.41) is 2.61. The molecule has 2 aromatic rings. The summed E-state index contributed by atoms with van der Waals surface area (Å²) in [4.78, 5) is 36.2. The molecule has 0 fully saturated rings. The fourth-order valence-corrected chi connectivity index (χ4v) is 2.65. The Bertz CT molecular complexity index is 870. The van der Waals surface area contributed by atoms with E-state index in [1.807, 2.05) is 32.9 Å². The van der Waals surface area contributed by atoms with Gasteiger partial charge in [0.2, 0.25) is 11.7 Å². The number of esters is 1. The normalized spacial score (nSPS) is 11.6. The Labute approximate surface area is 153 Å². The summed E-state index contributed by atoms with van der Waals surface area (Å²) >= 11 is 0. The highest BCUT2D eigenvalue weighted by molar-refractivity contribution is 6.03. The Morgan fingerprint density at radius 3 is 2.27 bits per heavy atom. The molecule has 26 heavy (non-hydrogen) atoms. The summed E-state index contributed by atoms with van der Waals surface area (Å²) in [6, 6.07) is 10.2. The quantitative estimate of drug-likeness (QED) is 0.651. The van der Waals surface area contributed by atoms with Gasteiger partial charge in [0.1, 0.15) is 0 Å². The van der Waals surface area contributed by atoms with Crippen molar-refractivity contribution < 1.29 is 19.1 Å². The van der Waals surface area contributed by atoms with Crippen LogP contribution in [0.4, 0.5) is 5.69 Å². The molecular weight excluding hydrogens is 330 g/mol. The van der Waals surface area contributed by atoms with Gasteiger partial charge < -0.3 is 10.1 Å². The predicted octanol–water partition coefficient (Wildman–Crippen LogP) is 4.00. The van der Waals surface area contributed by atoms with E-state index in [1.54, 1.807) is 25.1 Å². The van der Waals surface area contributed by atoms with E-state index in [9.17, 15) is 14.4 Å². The molecule has 0 bridgehead atoms. The van der Waals surface area contributed by atoms with Crippen molar-refractivity contribution in [1.82, 2.24) is 0 Å². The van der Waals surface area contributed by atoms with E-state index in [0.717, 1.165) is 16.7 Å². The topological polar surface area (TPSA) is 72.5 Å². The number of ether oxygens (including phenoxy) is 1. The van der Waals surface area contributed by atoms with E-state index in [2.05, 4.69) is 5.32 Å². The molecule has 0 radical (unpaired) electrons. The highest BCUT2D eigenvalue weighted by Gasteiger charge is 2.22. The number of carbonyl (C=O) groups excluding carboxylic acids is 3. The zero-order valence-corrected chi connectivity index (χ0v) is 15.7. The number of ketones is 1. The van der Waals surface area contributed by atoms with Gasteiger partial charge in [0.25, 0.3) is 0 Å². The molecule has 0 saturated carbocycles. The Morgan fingerprint density at radius 1 is 0.962 bits per heavy atom. The minimum atomic E-state index is -0.910. The average molecular weight is 353 g/mol. The summed E-state index contributed by atoms with van der Waals surface area (Å²) in [5.41, 5.74) is 4.30. The molecule has 0 saturated heterocycles. The highest BCUT2D eigenvalue weighted by Crippen LogP contribution is 2.19. The molecule has 1 amide bonds. The SMILES string of the molecule is CC(=O)Nc1cccc(C(=O)OC(C)C(=O)c2cc(C)c(C)cc2C)c1. The van der Waals surface area contributed by atoms with Gasteiger partial charge in [0, 0.05) is 18.2 Å². The number of amides is 1. The summed E-state index contributed by atoms with van der Waals surface area (Å²) in [7, 11) is 0. The van der Waals surface area contributed by atoms with Gasteiger partial charge in [0.15, 0.2) is 6.10 Å². The van der Waals surface area contributed by atoms with Crippen molar-refractivity contribution in [3.63, 3.8) is 0 Å². The van der Waals surface area contributed by atoms with Crippen LogP contribution in [-0.2, 0) is 9.53 Å². The van der Waals surface area contributed by atoms with Crippen molar-refractivity contribution >= 4 is 23.3 Å². The molecule has 5 nitrogen and oxygen atoms in total. The lowest BCUT2D eigenvalue weighted by Gasteiger charge is -2.15. The predicted molar refractivity (Wildman–Crippen MR) is 101 cm³/mol. The first kappa shape index (κ1) is 19.4. The van der Waals surface area contributed by atoms with Crippen molar-refractivity contribution in [3.8, 4) is 0 Å². The Kier molecular flexibility index (Phi) is 5.93. The molecule has 0 aromatic heterocycles. The van der Waals surface area contributed by atoms with E-state index in [-0.39, 0.29) is 17.3 Å². The lowest BCUT2D eigenvalue weighted by atomic mass is 9.96. The summed E-state index contributed by atoms with van der Waals surface area (Å²) in [6.07, 6.45) is -0.910. The fourth-order valence-electron chi connectivity index (χ4n) is 2.65. The Balaban J connectivity index is 2.15. The van der Waals surface area contributed by atoms with Crippen LogP contribution in [0.15, 0.2) is 36.4 Å². The van der Waals surface area contributed by atoms with E-state index in [1.165, 1.54) is 13.0 Å². The number of aryl methyl sites for hydroxylation is 3. The highest BCUT2D eigenvalue weighted by atomic mass is 16.5. The number of hydrogen-bond donors (Lipinski definition) is 1. The third kappa shape index (κ3) is 4.57. The van der Waals surface area contributed by atoms with Crippen LogP contribution in [0.25, 0.3) is 0 Å². The van der Waals surface area contributed by atoms with Crippen LogP contribution in [0, 0.1) is 20.8 Å². The zero-order valence-electron chi connectivity index (χ0n) is 15.7. The largest absolute Gasteiger partial charge is 0.451 e. The van der Waals surface area contributed by atoms with Crippen LogP contribution in [0.2, 0.25) is 0 Å². The lowest BCUT2D eigenvalue weighted by molar-refractivity contribution is -0.114. The summed E-state index contributed by atoms with van der Waals surface area (Å²) in [5.74, 6) is -1.08. The Hall–Kier alpha value is -2.95. The van der Waals surface area contributed by atoms with Crippen LogP contribution in [-0.4, -0.2) is 23.8 Å². The molecule has 1 atom stereocenters. The van der Waals surface area contributed by atoms with Crippen molar-refractivity contribution in [2.75, 3.05) is 5.32 Å². The van der Waals surface area contributed by atoms with E-state index in [4.69, 9.17) is 4.74 Å². The maximum atomic E-state index is 12.7. The van der Waals surface area contributed by atoms with Crippen molar-refractivity contribution in [2.45, 2.75) is 40.7 Å². The van der Waals surface area contributed by atoms with Gasteiger partial charge in [-0.15, -0.1) is 0 Å². The minimum absolute atomic E-state index is 0.232. The molecule has 0 spiro atoms. The van der Waals surface area contributed by atoms with Gasteiger partial charge in [0.05, 0.1) is 5.56 Å². The van der Waals surface area contributed by atoms with Crippen LogP contribution >= 0.6 is 0 Å². The van der Waals surface area contributed by atoms with Crippen LogP contribution < -0.4 is 5.32 Å². The van der Waals surface area contributed by atoms with Crippen LogP contribution in [0.3, 0.4) is 0 Å². The number of Topliss-reactive ketones (excluding diaryl/α,β-unsaturated/α-hetero) is 1. The monoisotopic (exact) mass is 353 g/mol. The third-order valence-electron chi connectivity index (χ3n) is 4.18. The van der Waals surface area contributed by atoms with Crippen molar-refractivity contribution in [2.24, 2.45) is 0 Å². The maximum Gasteiger partial charge on any atom is 0.338 e.